The standard InChI is InChI=1S/C22H25N3O4/c1-14(19-12-11-18(26)13-20(19)27)24-25-22(29)16-7-9-17(10-8-16)23-21(28)15-5-3-2-4-6-15/h7-13,15,26-27H,2-6H2,1H3,(H,23,28)(H,25,29)/b24-14+. The van der Waals surface area contributed by atoms with Crippen molar-refractivity contribution >= 4 is 23.2 Å². The van der Waals surface area contributed by atoms with Crippen LogP contribution in [0.3, 0.4) is 0 Å². The molecule has 7 heteroatoms. The maximum Gasteiger partial charge on any atom is 0.271 e. The van der Waals surface area contributed by atoms with Crippen molar-refractivity contribution in [3.8, 4) is 11.5 Å². The van der Waals surface area contributed by atoms with Gasteiger partial charge >= 0.3 is 0 Å². The van der Waals surface area contributed by atoms with E-state index in [0.717, 1.165) is 25.7 Å². The highest BCUT2D eigenvalue weighted by Gasteiger charge is 2.21. The topological polar surface area (TPSA) is 111 Å². The molecule has 0 radical (unpaired) electrons. The molecular weight excluding hydrogens is 370 g/mol. The molecule has 3 rings (SSSR count). The van der Waals surface area contributed by atoms with Crippen molar-refractivity contribution in [2.45, 2.75) is 39.0 Å². The fourth-order valence-electron chi connectivity index (χ4n) is 3.40. The number of carbonyl (C=O) groups excluding carboxylic acids is 2. The molecule has 2 aromatic rings. The summed E-state index contributed by atoms with van der Waals surface area (Å²) in [6.07, 6.45) is 5.25. The summed E-state index contributed by atoms with van der Waals surface area (Å²) < 4.78 is 0. The number of rotatable bonds is 5. The number of hydrogen-bond acceptors (Lipinski definition) is 5. The van der Waals surface area contributed by atoms with Gasteiger partial charge in [0, 0.05) is 28.8 Å². The van der Waals surface area contributed by atoms with Crippen molar-refractivity contribution in [3.05, 3.63) is 53.6 Å². The molecule has 2 aromatic carbocycles. The van der Waals surface area contributed by atoms with Gasteiger partial charge in [-0.3, -0.25) is 9.59 Å². The van der Waals surface area contributed by atoms with Crippen LogP contribution in [0, 0.1) is 5.92 Å². The second-order valence-corrected chi connectivity index (χ2v) is 7.24. The van der Waals surface area contributed by atoms with Crippen LogP contribution >= 0.6 is 0 Å². The highest BCUT2D eigenvalue weighted by Crippen LogP contribution is 2.25. The van der Waals surface area contributed by atoms with Gasteiger partial charge in [0.05, 0.1) is 5.71 Å². The Hall–Kier alpha value is -3.35. The maximum atomic E-state index is 12.3. The van der Waals surface area contributed by atoms with Crippen LogP contribution in [0.2, 0.25) is 0 Å². The molecule has 29 heavy (non-hydrogen) atoms. The number of aromatic hydroxyl groups is 2. The highest BCUT2D eigenvalue weighted by atomic mass is 16.3. The maximum absolute atomic E-state index is 12.3. The van der Waals surface area contributed by atoms with Crippen molar-refractivity contribution in [3.63, 3.8) is 0 Å². The van der Waals surface area contributed by atoms with Gasteiger partial charge < -0.3 is 15.5 Å². The van der Waals surface area contributed by atoms with Crippen LogP contribution in [-0.2, 0) is 4.79 Å². The second kappa shape index (κ2) is 9.23. The minimum Gasteiger partial charge on any atom is -0.508 e. The van der Waals surface area contributed by atoms with E-state index in [1.54, 1.807) is 31.2 Å². The molecule has 4 N–H and O–H groups in total. The van der Waals surface area contributed by atoms with Crippen molar-refractivity contribution in [1.82, 2.24) is 5.43 Å². The summed E-state index contributed by atoms with van der Waals surface area (Å²) in [5, 5.41) is 26.1. The predicted octanol–water partition coefficient (Wildman–Crippen LogP) is 3.77. The SMILES string of the molecule is C/C(=N\NC(=O)c1ccc(NC(=O)C2CCCCC2)cc1)c1ccc(O)cc1O. The van der Waals surface area contributed by atoms with Crippen LogP contribution in [0.5, 0.6) is 11.5 Å². The van der Waals surface area contributed by atoms with Gasteiger partial charge in [-0.2, -0.15) is 5.10 Å². The van der Waals surface area contributed by atoms with Gasteiger partial charge in [0.15, 0.2) is 0 Å². The van der Waals surface area contributed by atoms with E-state index in [-0.39, 0.29) is 23.3 Å². The van der Waals surface area contributed by atoms with Crippen LogP contribution in [0.4, 0.5) is 5.69 Å². The van der Waals surface area contributed by atoms with Crippen LogP contribution < -0.4 is 10.7 Å². The van der Waals surface area contributed by atoms with Gasteiger partial charge in [-0.1, -0.05) is 19.3 Å². The number of anilines is 1. The third-order valence-electron chi connectivity index (χ3n) is 5.09. The quantitative estimate of drug-likeness (QED) is 0.456. The molecule has 0 atom stereocenters. The van der Waals surface area contributed by atoms with E-state index >= 15 is 0 Å². The average molecular weight is 395 g/mol. The molecule has 2 amide bonds. The summed E-state index contributed by atoms with van der Waals surface area (Å²) in [7, 11) is 0. The first-order chi connectivity index (χ1) is 13.9. The molecule has 0 saturated heterocycles. The molecular formula is C22H25N3O4. The number of nitrogens with zero attached hydrogens (tertiary/aromatic N) is 1. The monoisotopic (exact) mass is 395 g/mol. The summed E-state index contributed by atoms with van der Waals surface area (Å²) in [5.74, 6) is -0.485. The molecule has 152 valence electrons. The van der Waals surface area contributed by atoms with Gasteiger partial charge in [0.2, 0.25) is 5.91 Å². The molecule has 0 aliphatic heterocycles. The normalized spacial score (nSPS) is 15.0. The lowest BCUT2D eigenvalue weighted by atomic mass is 9.88. The zero-order valence-electron chi connectivity index (χ0n) is 16.3. The summed E-state index contributed by atoms with van der Waals surface area (Å²) >= 11 is 0. The molecule has 1 aliphatic carbocycles. The lowest BCUT2D eigenvalue weighted by Gasteiger charge is -2.20. The highest BCUT2D eigenvalue weighted by molar-refractivity contribution is 6.03. The predicted molar refractivity (Wildman–Crippen MR) is 111 cm³/mol. The lowest BCUT2D eigenvalue weighted by molar-refractivity contribution is -0.120. The largest absolute Gasteiger partial charge is 0.508 e. The number of amides is 2. The fraction of sp³-hybridized carbons (Fsp3) is 0.318. The molecule has 0 unspecified atom stereocenters. The Morgan fingerprint density at radius 2 is 1.69 bits per heavy atom. The van der Waals surface area contributed by atoms with Crippen LogP contribution in [-0.4, -0.2) is 27.7 Å². The van der Waals surface area contributed by atoms with E-state index in [1.807, 2.05) is 0 Å². The molecule has 0 bridgehead atoms. The minimum absolute atomic E-state index is 0.0378. The van der Waals surface area contributed by atoms with Crippen LogP contribution in [0.1, 0.15) is 54.9 Å². The fourth-order valence-corrected chi connectivity index (χ4v) is 3.40. The van der Waals surface area contributed by atoms with Gasteiger partial charge in [-0.25, -0.2) is 5.43 Å². The van der Waals surface area contributed by atoms with Gasteiger partial charge in [-0.15, -0.1) is 0 Å². The van der Waals surface area contributed by atoms with E-state index in [0.29, 0.717) is 22.5 Å². The van der Waals surface area contributed by atoms with Gasteiger partial charge in [-0.05, 0) is 56.2 Å². The van der Waals surface area contributed by atoms with Crippen LogP contribution in [0.15, 0.2) is 47.6 Å². The van der Waals surface area contributed by atoms with E-state index in [1.165, 1.54) is 24.6 Å². The number of nitrogens with one attached hydrogen (secondary N) is 2. The molecule has 0 spiro atoms. The van der Waals surface area contributed by atoms with Crippen molar-refractivity contribution in [2.24, 2.45) is 11.0 Å². The molecule has 7 nitrogen and oxygen atoms in total. The third kappa shape index (κ3) is 5.34. The lowest BCUT2D eigenvalue weighted by Crippen LogP contribution is -2.24. The molecule has 1 saturated carbocycles. The summed E-state index contributed by atoms with van der Waals surface area (Å²) in [4.78, 5) is 24.6. The number of hydrogen-bond donors (Lipinski definition) is 4. The Kier molecular flexibility index (Phi) is 6.49. The van der Waals surface area contributed by atoms with Crippen LogP contribution in [0.25, 0.3) is 0 Å². The summed E-state index contributed by atoms with van der Waals surface area (Å²) in [6.45, 7) is 1.64. The Morgan fingerprint density at radius 1 is 1.00 bits per heavy atom. The van der Waals surface area contributed by atoms with Gasteiger partial charge in [0.25, 0.3) is 5.91 Å². The number of hydrazone groups is 1. The first-order valence-electron chi connectivity index (χ1n) is 9.72. The van der Waals surface area contributed by atoms with E-state index < -0.39 is 5.91 Å². The van der Waals surface area contributed by atoms with Gasteiger partial charge in [0.1, 0.15) is 11.5 Å². The first-order valence-corrected chi connectivity index (χ1v) is 9.72. The molecule has 1 fully saturated rings. The zero-order valence-corrected chi connectivity index (χ0v) is 16.3. The number of carbonyl (C=O) groups is 2. The average Bonchev–Trinajstić information content (AvgIpc) is 2.73. The number of benzene rings is 2. The third-order valence-corrected chi connectivity index (χ3v) is 5.09. The zero-order chi connectivity index (χ0) is 20.8. The van der Waals surface area contributed by atoms with E-state index in [4.69, 9.17) is 0 Å². The summed E-state index contributed by atoms with van der Waals surface area (Å²) in [5.41, 5.74) is 4.29. The minimum atomic E-state index is -0.409. The van der Waals surface area contributed by atoms with Crippen molar-refractivity contribution < 1.29 is 19.8 Å². The Labute approximate surface area is 169 Å². The first kappa shape index (κ1) is 20.4. The van der Waals surface area contributed by atoms with E-state index in [9.17, 15) is 19.8 Å². The molecule has 1 aliphatic rings. The second-order valence-electron chi connectivity index (χ2n) is 7.24. The van der Waals surface area contributed by atoms with E-state index in [2.05, 4.69) is 15.8 Å². The molecule has 0 aromatic heterocycles. The smallest absolute Gasteiger partial charge is 0.271 e. The Morgan fingerprint density at radius 3 is 2.34 bits per heavy atom. The number of phenols is 2. The Bertz CT molecular complexity index is 916. The number of phenolic OH excluding ortho intramolecular Hbond substituents is 2. The Balaban J connectivity index is 1.59. The van der Waals surface area contributed by atoms with Crippen molar-refractivity contribution in [2.75, 3.05) is 5.32 Å². The summed E-state index contributed by atoms with van der Waals surface area (Å²) in [6, 6.07) is 10.8. The molecule has 0 heterocycles. The van der Waals surface area contributed by atoms with Crippen molar-refractivity contribution in [1.29, 1.82) is 0 Å².